The van der Waals surface area contributed by atoms with Crippen molar-refractivity contribution in [3.8, 4) is 28.6 Å². The highest BCUT2D eigenvalue weighted by molar-refractivity contribution is 14.1. The highest BCUT2D eigenvalue weighted by Gasteiger charge is 2.15. The van der Waals surface area contributed by atoms with Crippen LogP contribution in [0.5, 0.6) is 5.75 Å². The Bertz CT molecular complexity index is 817. The van der Waals surface area contributed by atoms with Gasteiger partial charge in [0.25, 0.3) is 5.89 Å². The quantitative estimate of drug-likeness (QED) is 0.661. The van der Waals surface area contributed by atoms with Crippen LogP contribution in [0.15, 0.2) is 40.9 Å². The molecule has 0 unspecified atom stereocenters. The lowest BCUT2D eigenvalue weighted by Gasteiger charge is -1.99. The van der Waals surface area contributed by atoms with Crippen molar-refractivity contribution in [2.24, 2.45) is 0 Å². The van der Waals surface area contributed by atoms with Gasteiger partial charge in [0.15, 0.2) is 0 Å². The van der Waals surface area contributed by atoms with E-state index in [4.69, 9.17) is 4.52 Å². The van der Waals surface area contributed by atoms with Crippen molar-refractivity contribution in [2.45, 2.75) is 6.92 Å². The fourth-order valence-corrected chi connectivity index (χ4v) is 2.40. The number of phenols is 1. The molecular formula is C15H10FIN2O2. The van der Waals surface area contributed by atoms with Crippen molar-refractivity contribution < 1.29 is 14.0 Å². The van der Waals surface area contributed by atoms with Crippen LogP contribution in [0.25, 0.3) is 22.8 Å². The molecule has 0 spiro atoms. The Morgan fingerprint density at radius 3 is 2.76 bits per heavy atom. The first-order chi connectivity index (χ1) is 10.0. The third-order valence-corrected chi connectivity index (χ3v) is 3.70. The maximum Gasteiger partial charge on any atom is 0.262 e. The third-order valence-electron chi connectivity index (χ3n) is 3.03. The van der Waals surface area contributed by atoms with Crippen LogP contribution in [0.1, 0.15) is 5.56 Å². The van der Waals surface area contributed by atoms with Crippen LogP contribution in [0.3, 0.4) is 0 Å². The van der Waals surface area contributed by atoms with E-state index < -0.39 is 0 Å². The summed E-state index contributed by atoms with van der Waals surface area (Å²) in [7, 11) is 0. The van der Waals surface area contributed by atoms with Crippen LogP contribution in [-0.4, -0.2) is 15.2 Å². The number of aromatic nitrogens is 2. The third kappa shape index (κ3) is 2.76. The lowest BCUT2D eigenvalue weighted by atomic mass is 10.1. The van der Waals surface area contributed by atoms with Crippen molar-refractivity contribution in [3.63, 3.8) is 0 Å². The van der Waals surface area contributed by atoms with Gasteiger partial charge in [0.2, 0.25) is 5.82 Å². The largest absolute Gasteiger partial charge is 0.507 e. The number of nitrogens with zero attached hydrogens (tertiary/aromatic N) is 2. The highest BCUT2D eigenvalue weighted by Crippen LogP contribution is 2.31. The zero-order chi connectivity index (χ0) is 15.0. The van der Waals surface area contributed by atoms with Gasteiger partial charge in [-0.3, -0.25) is 0 Å². The smallest absolute Gasteiger partial charge is 0.262 e. The molecule has 3 rings (SSSR count). The molecule has 6 heteroatoms. The maximum absolute atomic E-state index is 13.3. The number of phenolic OH excluding ortho intramolecular Hbond substituents is 1. The fraction of sp³-hybridized carbons (Fsp3) is 0.0667. The monoisotopic (exact) mass is 396 g/mol. The Balaban J connectivity index is 2.03. The standard InChI is InChI=1S/C15H10FIN2O2/c1-8-6-9(2-4-12(8)16)14-18-15(21-19-14)11-7-10(17)3-5-13(11)20/h2-7,20H,1H3. The molecule has 0 aliphatic heterocycles. The molecule has 0 aliphatic rings. The van der Waals surface area contributed by atoms with E-state index in [0.717, 1.165) is 3.57 Å². The van der Waals surface area contributed by atoms with Crippen molar-refractivity contribution in [1.29, 1.82) is 0 Å². The van der Waals surface area contributed by atoms with Gasteiger partial charge in [0, 0.05) is 9.13 Å². The van der Waals surface area contributed by atoms with Crippen molar-refractivity contribution >= 4 is 22.6 Å². The normalized spacial score (nSPS) is 10.8. The lowest BCUT2D eigenvalue weighted by Crippen LogP contribution is -1.86. The summed E-state index contributed by atoms with van der Waals surface area (Å²) < 4.78 is 19.4. The summed E-state index contributed by atoms with van der Waals surface area (Å²) in [6.45, 7) is 1.67. The van der Waals surface area contributed by atoms with Crippen LogP contribution >= 0.6 is 22.6 Å². The summed E-state index contributed by atoms with van der Waals surface area (Å²) in [6.07, 6.45) is 0. The van der Waals surface area contributed by atoms with Crippen molar-refractivity contribution in [1.82, 2.24) is 10.1 Å². The topological polar surface area (TPSA) is 59.2 Å². The van der Waals surface area contributed by atoms with E-state index in [2.05, 4.69) is 32.7 Å². The number of aromatic hydroxyl groups is 1. The van der Waals surface area contributed by atoms with E-state index in [1.807, 2.05) is 0 Å². The molecule has 0 saturated carbocycles. The average molecular weight is 396 g/mol. The molecular weight excluding hydrogens is 386 g/mol. The molecule has 1 aromatic heterocycles. The number of halogens is 2. The highest BCUT2D eigenvalue weighted by atomic mass is 127. The SMILES string of the molecule is Cc1cc(-c2noc(-c3cc(I)ccc3O)n2)ccc1F. The van der Waals surface area contributed by atoms with E-state index in [9.17, 15) is 9.50 Å². The molecule has 0 aliphatic carbocycles. The van der Waals surface area contributed by atoms with E-state index in [-0.39, 0.29) is 17.5 Å². The predicted molar refractivity (Wildman–Crippen MR) is 84.2 cm³/mol. The predicted octanol–water partition coefficient (Wildman–Crippen LogP) is 4.16. The van der Waals surface area contributed by atoms with Crippen LogP contribution in [0.2, 0.25) is 0 Å². The fourth-order valence-electron chi connectivity index (χ4n) is 1.91. The lowest BCUT2D eigenvalue weighted by molar-refractivity contribution is 0.425. The minimum absolute atomic E-state index is 0.0703. The summed E-state index contributed by atoms with van der Waals surface area (Å²) in [6, 6.07) is 9.71. The molecule has 106 valence electrons. The van der Waals surface area contributed by atoms with Gasteiger partial charge in [-0.2, -0.15) is 4.98 Å². The Morgan fingerprint density at radius 1 is 1.19 bits per heavy atom. The zero-order valence-corrected chi connectivity index (χ0v) is 13.1. The first-order valence-corrected chi connectivity index (χ1v) is 7.21. The molecule has 0 radical (unpaired) electrons. The second-order valence-electron chi connectivity index (χ2n) is 4.55. The number of hydrogen-bond acceptors (Lipinski definition) is 4. The van der Waals surface area contributed by atoms with Gasteiger partial charge in [0.05, 0.1) is 5.56 Å². The van der Waals surface area contributed by atoms with Crippen LogP contribution in [-0.2, 0) is 0 Å². The second kappa shape index (κ2) is 5.44. The summed E-state index contributed by atoms with van der Waals surface area (Å²) in [5, 5.41) is 13.8. The van der Waals surface area contributed by atoms with E-state index in [0.29, 0.717) is 22.5 Å². The minimum atomic E-state index is -0.280. The summed E-state index contributed by atoms with van der Waals surface area (Å²) in [5.74, 6) is 0.369. The van der Waals surface area contributed by atoms with Gasteiger partial charge in [-0.1, -0.05) is 5.16 Å². The van der Waals surface area contributed by atoms with Gasteiger partial charge >= 0.3 is 0 Å². The zero-order valence-electron chi connectivity index (χ0n) is 11.0. The minimum Gasteiger partial charge on any atom is -0.507 e. The van der Waals surface area contributed by atoms with Gasteiger partial charge in [-0.25, -0.2) is 4.39 Å². The molecule has 1 N–H and O–H groups in total. The number of hydrogen-bond donors (Lipinski definition) is 1. The van der Waals surface area contributed by atoms with Crippen LogP contribution in [0, 0.1) is 16.3 Å². The number of rotatable bonds is 2. The van der Waals surface area contributed by atoms with Crippen LogP contribution < -0.4 is 0 Å². The van der Waals surface area contributed by atoms with Crippen LogP contribution in [0.4, 0.5) is 4.39 Å². The molecule has 0 saturated heterocycles. The van der Waals surface area contributed by atoms with Gasteiger partial charge < -0.3 is 9.63 Å². The summed E-state index contributed by atoms with van der Waals surface area (Å²) in [5.41, 5.74) is 1.64. The molecule has 0 bridgehead atoms. The molecule has 21 heavy (non-hydrogen) atoms. The Hall–Kier alpha value is -1.96. The summed E-state index contributed by atoms with van der Waals surface area (Å²) in [4.78, 5) is 4.26. The number of aryl methyl sites for hydroxylation is 1. The summed E-state index contributed by atoms with van der Waals surface area (Å²) >= 11 is 2.13. The first kappa shape index (κ1) is 14.0. The van der Waals surface area contributed by atoms with Crippen molar-refractivity contribution in [2.75, 3.05) is 0 Å². The Labute approximate surface area is 133 Å². The second-order valence-corrected chi connectivity index (χ2v) is 5.79. The van der Waals surface area contributed by atoms with E-state index >= 15 is 0 Å². The Morgan fingerprint density at radius 2 is 2.00 bits per heavy atom. The molecule has 0 amide bonds. The molecule has 0 atom stereocenters. The molecule has 3 aromatic rings. The Kier molecular flexibility index (Phi) is 3.62. The molecule has 0 fully saturated rings. The van der Waals surface area contributed by atoms with E-state index in [1.165, 1.54) is 6.07 Å². The van der Waals surface area contributed by atoms with Gasteiger partial charge in [-0.05, 0) is 71.5 Å². The first-order valence-electron chi connectivity index (χ1n) is 6.14. The molecule has 4 nitrogen and oxygen atoms in total. The molecule has 1 heterocycles. The number of benzene rings is 2. The van der Waals surface area contributed by atoms with Gasteiger partial charge in [-0.15, -0.1) is 0 Å². The average Bonchev–Trinajstić information content (AvgIpc) is 2.94. The van der Waals surface area contributed by atoms with Crippen molar-refractivity contribution in [3.05, 3.63) is 51.3 Å². The maximum atomic E-state index is 13.3. The van der Waals surface area contributed by atoms with Gasteiger partial charge in [0.1, 0.15) is 11.6 Å². The van der Waals surface area contributed by atoms with E-state index in [1.54, 1.807) is 37.3 Å². The molecule has 2 aromatic carbocycles.